The molecule has 12 heterocycles. The Labute approximate surface area is 609 Å². The van der Waals surface area contributed by atoms with Crippen LogP contribution in [0.25, 0.3) is 51.5 Å². The maximum absolute atomic E-state index is 12.9. The van der Waals surface area contributed by atoms with Crippen molar-refractivity contribution < 1.29 is 0 Å². The summed E-state index contributed by atoms with van der Waals surface area (Å²) in [5.41, 5.74) is 6.93. The van der Waals surface area contributed by atoms with Crippen molar-refractivity contribution >= 4 is 102 Å². The summed E-state index contributed by atoms with van der Waals surface area (Å²) in [6, 6.07) is 12.7. The van der Waals surface area contributed by atoms with Gasteiger partial charge in [-0.2, -0.15) is 34.4 Å². The van der Waals surface area contributed by atoms with Crippen LogP contribution >= 0.6 is 22.7 Å². The van der Waals surface area contributed by atoms with E-state index in [1.54, 1.807) is 58.3 Å². The van der Waals surface area contributed by atoms with E-state index in [9.17, 15) is 19.2 Å². The van der Waals surface area contributed by atoms with Crippen molar-refractivity contribution in [1.82, 2.24) is 110 Å². The number of aromatic amines is 8. The van der Waals surface area contributed by atoms with Gasteiger partial charge in [0.05, 0.1) is 65.0 Å². The molecule has 0 radical (unpaired) electrons. The van der Waals surface area contributed by atoms with Crippen LogP contribution in [-0.2, 0) is 21.7 Å². The average molecular weight is 1470 g/mol. The van der Waals surface area contributed by atoms with Crippen LogP contribution in [0.2, 0.25) is 0 Å². The Hall–Kier alpha value is -13.9. The Morgan fingerprint density at radius 3 is 1.13 bits per heavy atom. The Kier molecular flexibility index (Phi) is 21.4. The van der Waals surface area contributed by atoms with Gasteiger partial charge in [-0.1, -0.05) is 118 Å². The molecule has 38 nitrogen and oxygen atoms in total. The SMILES string of the molecule is [C-]#[N+]c1c(N=Nc2c(C)[nH]n(-c3ccncc3)c2=O)n[nH]c1C(C)(C)C.[C-]#[N+]c1c(N=Nc2c(C)[nH]n(-c3nc4ccccc4s3)c2=O)n[nH]c1C(C)(C)C.[C-]#[N+]c1c(N=Nc2c(C)[nH]n(-c3ncccn3)c2=O)n[nH]c1C(C)(C)C.[C-]#[N+]c1c(N=Nc2c(C)[nH]n(-c3nncs3)c2=O)n[nH]c1C(C)(C)C. The lowest BCUT2D eigenvalue weighted by molar-refractivity contribution is 0.569. The van der Waals surface area contributed by atoms with Crippen molar-refractivity contribution in [1.29, 1.82) is 0 Å². The number of hydrogen-bond acceptors (Lipinski definition) is 24. The summed E-state index contributed by atoms with van der Waals surface area (Å²) >= 11 is 2.62. The van der Waals surface area contributed by atoms with Crippen molar-refractivity contribution in [2.75, 3.05) is 0 Å². The third-order valence-corrected chi connectivity index (χ3v) is 16.9. The van der Waals surface area contributed by atoms with Gasteiger partial charge in [-0.3, -0.25) is 65.0 Å². The molecule has 13 aromatic rings. The number of para-hydroxylation sites is 1. The molecule has 8 N–H and O–H groups in total. The first-order valence-corrected chi connectivity index (χ1v) is 33.6. The standard InChI is InChI=1S/C19H18N8OS.C17H18N8O.C16H17N9O.C14H15N9OS/c1-10-13(22-24-16-14(20-5)15(23-25-16)19(2,3)4)17(28)27(26-10)18-21-11-8-6-7-9-12(11)29-18;1-10-12(16(26)25(24-10)11-6-8-19-9-7-11)20-22-15-13(18-5)14(21-23-15)17(2,3)4;1-9-10(14(26)25(24-9)15-18-7-6-8-19-15)20-22-13-11(17-5)12(21-23-13)16(2,3)4;1-7-8(12(24)23(22-7)13-21-16-6-25-13)17-19-11-9(15-5)10(18-20-11)14(2,3)4/h6-9,26H,1-4H3,(H,23,25);6-9,24H,1-4H3,(H,21,23);6-8,24H,1-4H3,(H,21,23);6,22H,1-4H3,(H,18,20). The van der Waals surface area contributed by atoms with Crippen molar-refractivity contribution in [3.05, 3.63) is 205 Å². The number of nitrogens with zero attached hydrogens (tertiary/aromatic N) is 26. The van der Waals surface area contributed by atoms with Crippen LogP contribution in [0.4, 0.5) is 68.8 Å². The van der Waals surface area contributed by atoms with Crippen molar-refractivity contribution in [2.45, 2.75) is 132 Å². The molecule has 0 amide bonds. The maximum Gasteiger partial charge on any atom is 0.301 e. The van der Waals surface area contributed by atoms with Gasteiger partial charge in [-0.25, -0.2) is 39.0 Å². The van der Waals surface area contributed by atoms with Crippen LogP contribution in [0.15, 0.2) is 133 Å². The number of fused-ring (bicyclic) bond motifs is 1. The number of nitrogens with one attached hydrogen (secondary N) is 8. The lowest BCUT2D eigenvalue weighted by Crippen LogP contribution is -2.16. The molecule has 106 heavy (non-hydrogen) atoms. The van der Waals surface area contributed by atoms with Crippen LogP contribution < -0.4 is 22.2 Å². The molecule has 0 saturated carbocycles. The minimum atomic E-state index is -0.437. The van der Waals surface area contributed by atoms with Gasteiger partial charge in [0.25, 0.3) is 34.3 Å². The van der Waals surface area contributed by atoms with Crippen molar-refractivity contribution in [3.8, 4) is 21.9 Å². The van der Waals surface area contributed by atoms with E-state index in [1.165, 1.54) is 59.3 Å². The highest BCUT2D eigenvalue weighted by Crippen LogP contribution is 2.41. The quantitative estimate of drug-likeness (QED) is 0.0416. The minimum absolute atomic E-state index is 0.105. The molecule has 0 spiro atoms. The van der Waals surface area contributed by atoms with Gasteiger partial charge in [-0.05, 0) is 79.7 Å². The summed E-state index contributed by atoms with van der Waals surface area (Å²) in [6.07, 6.45) is 6.26. The third-order valence-electron chi connectivity index (χ3n) is 15.2. The molecule has 0 saturated heterocycles. The smallest absolute Gasteiger partial charge is 0.293 e. The molecule has 1 aromatic carbocycles. The van der Waals surface area contributed by atoms with E-state index in [4.69, 9.17) is 26.3 Å². The fourth-order valence-electron chi connectivity index (χ4n) is 9.82. The first kappa shape index (κ1) is 74.8. The summed E-state index contributed by atoms with van der Waals surface area (Å²) in [5, 5.41) is 80.1. The number of hydrogen-bond donors (Lipinski definition) is 8. The lowest BCUT2D eigenvalue weighted by Gasteiger charge is -2.16. The molecule has 0 bridgehead atoms. The molecule has 0 aliphatic heterocycles. The zero-order valence-corrected chi connectivity index (χ0v) is 61.6. The van der Waals surface area contributed by atoms with Gasteiger partial charge in [-0.15, -0.1) is 51.1 Å². The van der Waals surface area contributed by atoms with Crippen LogP contribution in [0.5, 0.6) is 0 Å². The highest BCUT2D eigenvalue weighted by Gasteiger charge is 2.29. The van der Waals surface area contributed by atoms with Gasteiger partial charge < -0.3 is 0 Å². The van der Waals surface area contributed by atoms with E-state index in [0.717, 1.165) is 10.2 Å². The number of H-pyrrole nitrogens is 8. The second-order valence-corrected chi connectivity index (χ2v) is 29.0. The minimum Gasteiger partial charge on any atom is -0.293 e. The highest BCUT2D eigenvalue weighted by molar-refractivity contribution is 7.20. The number of benzene rings is 1. The maximum atomic E-state index is 12.9. The third kappa shape index (κ3) is 15.9. The number of rotatable bonds is 12. The fraction of sp³-hybridized carbons (Fsp3) is 0.303. The summed E-state index contributed by atoms with van der Waals surface area (Å²) in [5.74, 6) is 0.838. The van der Waals surface area contributed by atoms with E-state index in [-0.39, 0.29) is 84.7 Å². The zero-order valence-electron chi connectivity index (χ0n) is 60.0. The van der Waals surface area contributed by atoms with E-state index < -0.39 is 11.1 Å². The van der Waals surface area contributed by atoms with Crippen LogP contribution in [0.3, 0.4) is 0 Å². The molecular formula is C66H68N34O4S2. The van der Waals surface area contributed by atoms with Gasteiger partial charge in [0.15, 0.2) is 22.7 Å². The summed E-state index contributed by atoms with van der Waals surface area (Å²) < 4.78 is 6.15. The highest BCUT2D eigenvalue weighted by atomic mass is 32.1. The molecule has 0 atom stereocenters. The van der Waals surface area contributed by atoms with E-state index in [1.807, 2.05) is 107 Å². The van der Waals surface area contributed by atoms with Gasteiger partial charge in [0.1, 0.15) is 5.51 Å². The number of pyridine rings is 1. The molecule has 13 rings (SSSR count). The van der Waals surface area contributed by atoms with E-state index in [0.29, 0.717) is 84.3 Å². The Bertz CT molecular complexity index is 5720. The first-order valence-electron chi connectivity index (χ1n) is 31.9. The predicted molar refractivity (Wildman–Crippen MR) is 395 cm³/mol. The number of aromatic nitrogens is 22. The van der Waals surface area contributed by atoms with Gasteiger partial charge in [0.2, 0.25) is 33.5 Å². The Morgan fingerprint density at radius 1 is 0.425 bits per heavy atom. The number of thiazole rings is 1. The largest absolute Gasteiger partial charge is 0.301 e. The molecular weight excluding hydrogens is 1400 g/mol. The monoisotopic (exact) mass is 1460 g/mol. The first-order chi connectivity index (χ1) is 50.3. The summed E-state index contributed by atoms with van der Waals surface area (Å²) in [4.78, 5) is 81.0. The van der Waals surface area contributed by atoms with E-state index >= 15 is 0 Å². The topological polar surface area (TPSA) is 460 Å². The van der Waals surface area contributed by atoms with Crippen molar-refractivity contribution in [3.63, 3.8) is 0 Å². The Morgan fingerprint density at radius 2 is 0.774 bits per heavy atom. The second-order valence-electron chi connectivity index (χ2n) is 27.2. The lowest BCUT2D eigenvalue weighted by atomic mass is 9.91. The van der Waals surface area contributed by atoms with E-state index in [2.05, 4.69) is 152 Å². The summed E-state index contributed by atoms with van der Waals surface area (Å²) in [6.45, 7) is 60.1. The number of azo groups is 4. The molecule has 0 fully saturated rings. The van der Waals surface area contributed by atoms with Crippen molar-refractivity contribution in [2.24, 2.45) is 40.9 Å². The summed E-state index contributed by atoms with van der Waals surface area (Å²) in [7, 11) is 0. The average Bonchev–Trinajstić information content (AvgIpc) is 1.63. The Balaban J connectivity index is 0.000000151. The number of aryl methyl sites for hydroxylation is 4. The van der Waals surface area contributed by atoms with Crippen LogP contribution in [0.1, 0.15) is 129 Å². The molecule has 0 aliphatic carbocycles. The van der Waals surface area contributed by atoms with Crippen LogP contribution in [0, 0.1) is 54.0 Å². The van der Waals surface area contributed by atoms with Crippen LogP contribution in [-0.4, -0.2) is 110 Å². The molecule has 40 heteroatoms. The second kappa shape index (κ2) is 30.4. The van der Waals surface area contributed by atoms with Gasteiger partial charge in [0, 0.05) is 47.6 Å². The molecule has 0 aliphatic rings. The zero-order chi connectivity index (χ0) is 76.7. The normalized spacial score (nSPS) is 11.9. The molecule has 538 valence electrons. The molecule has 12 aromatic heterocycles. The van der Waals surface area contributed by atoms with Gasteiger partial charge >= 0.3 is 16.7 Å². The molecule has 0 unspecified atom stereocenters. The predicted octanol–water partition coefficient (Wildman–Crippen LogP) is 15.5. The fourth-order valence-corrected chi connectivity index (χ4v) is 11.3.